The molecular weight excluding hydrogens is 328 g/mol. The maximum atomic E-state index is 5.83. The van der Waals surface area contributed by atoms with Crippen LogP contribution in [0.5, 0.6) is 0 Å². The Morgan fingerprint density at radius 2 is 2.00 bits per heavy atom. The average Bonchev–Trinajstić information content (AvgIpc) is 3.27. The van der Waals surface area contributed by atoms with Crippen LogP contribution in [0.4, 0.5) is 10.9 Å². The molecule has 0 saturated heterocycles. The molecule has 0 saturated carbocycles. The lowest BCUT2D eigenvalue weighted by Gasteiger charge is -2.06. The van der Waals surface area contributed by atoms with Gasteiger partial charge in [-0.05, 0) is 28.9 Å². The van der Waals surface area contributed by atoms with Crippen molar-refractivity contribution in [3.63, 3.8) is 0 Å². The molecule has 24 heavy (non-hydrogen) atoms. The molecule has 0 atom stereocenters. The number of para-hydroxylation sites is 2. The van der Waals surface area contributed by atoms with Crippen LogP contribution in [0.1, 0.15) is 11.4 Å². The number of aromatic nitrogens is 6. The van der Waals surface area contributed by atoms with Crippen molar-refractivity contribution >= 4 is 33.3 Å². The van der Waals surface area contributed by atoms with Gasteiger partial charge in [-0.3, -0.25) is 0 Å². The van der Waals surface area contributed by atoms with Crippen molar-refractivity contribution < 1.29 is 4.63 Å². The molecule has 4 N–H and O–H groups in total. The molecule has 0 amide bonds. The van der Waals surface area contributed by atoms with Crippen LogP contribution in [0.3, 0.4) is 0 Å². The first kappa shape index (κ1) is 14.6. The summed E-state index contributed by atoms with van der Waals surface area (Å²) in [5, 5.41) is 16.8. The Morgan fingerprint density at radius 1 is 1.12 bits per heavy atom. The number of aryl methyl sites for hydroxylation is 2. The van der Waals surface area contributed by atoms with Gasteiger partial charge in [0.2, 0.25) is 5.13 Å². The molecule has 0 fully saturated rings. The summed E-state index contributed by atoms with van der Waals surface area (Å²) < 4.78 is 6.78. The van der Waals surface area contributed by atoms with Gasteiger partial charge in [0.05, 0.1) is 11.0 Å². The Hall–Kier alpha value is -3.01. The van der Waals surface area contributed by atoms with E-state index in [0.29, 0.717) is 16.6 Å². The van der Waals surface area contributed by atoms with Crippen molar-refractivity contribution in [2.45, 2.75) is 19.4 Å². The maximum absolute atomic E-state index is 5.83. The van der Waals surface area contributed by atoms with Gasteiger partial charge in [0.1, 0.15) is 5.01 Å². The Labute approximate surface area is 140 Å². The number of nitrogen functional groups attached to an aromatic ring is 2. The SMILES string of the molecule is Nc1nnc(CCCn2c(-c3nonc3N)nc3ccccc32)s1. The molecule has 10 heteroatoms. The monoisotopic (exact) mass is 342 g/mol. The number of anilines is 2. The number of fused-ring (bicyclic) bond motifs is 1. The first-order chi connectivity index (χ1) is 11.7. The minimum atomic E-state index is 0.225. The van der Waals surface area contributed by atoms with E-state index in [1.165, 1.54) is 11.3 Å². The molecule has 0 radical (unpaired) electrons. The third-order valence-corrected chi connectivity index (χ3v) is 4.45. The van der Waals surface area contributed by atoms with Gasteiger partial charge in [-0.2, -0.15) is 0 Å². The van der Waals surface area contributed by atoms with Crippen molar-refractivity contribution in [2.24, 2.45) is 0 Å². The van der Waals surface area contributed by atoms with Gasteiger partial charge in [0.25, 0.3) is 0 Å². The largest absolute Gasteiger partial charge is 0.379 e. The summed E-state index contributed by atoms with van der Waals surface area (Å²) in [6.45, 7) is 0.724. The number of hydrogen-bond donors (Lipinski definition) is 2. The van der Waals surface area contributed by atoms with Gasteiger partial charge in [0.15, 0.2) is 17.3 Å². The van der Waals surface area contributed by atoms with Crippen LogP contribution >= 0.6 is 11.3 Å². The predicted molar refractivity (Wildman–Crippen MR) is 90.1 cm³/mol. The topological polar surface area (TPSA) is 135 Å². The third kappa shape index (κ3) is 2.56. The van der Waals surface area contributed by atoms with E-state index in [0.717, 1.165) is 35.4 Å². The molecule has 0 aliphatic rings. The number of nitrogens with two attached hydrogens (primary N) is 2. The Balaban J connectivity index is 1.66. The van der Waals surface area contributed by atoms with Crippen molar-refractivity contribution in [3.05, 3.63) is 29.3 Å². The molecule has 0 aliphatic carbocycles. The average molecular weight is 342 g/mol. The molecule has 0 aliphatic heterocycles. The van der Waals surface area contributed by atoms with Gasteiger partial charge in [-0.25, -0.2) is 9.61 Å². The van der Waals surface area contributed by atoms with Crippen LogP contribution in [-0.4, -0.2) is 30.1 Å². The van der Waals surface area contributed by atoms with Crippen molar-refractivity contribution in [3.8, 4) is 11.5 Å². The third-order valence-electron chi connectivity index (χ3n) is 3.64. The highest BCUT2D eigenvalue weighted by molar-refractivity contribution is 7.15. The second-order valence-corrected chi connectivity index (χ2v) is 6.31. The van der Waals surface area contributed by atoms with Gasteiger partial charge < -0.3 is 16.0 Å². The Morgan fingerprint density at radius 3 is 2.75 bits per heavy atom. The smallest absolute Gasteiger partial charge is 0.203 e. The molecule has 3 aromatic heterocycles. The quantitative estimate of drug-likeness (QED) is 0.560. The summed E-state index contributed by atoms with van der Waals surface area (Å²) in [5.41, 5.74) is 13.8. The zero-order valence-corrected chi connectivity index (χ0v) is 13.4. The number of nitrogens with zero attached hydrogens (tertiary/aromatic N) is 6. The number of imidazole rings is 1. The lowest BCUT2D eigenvalue weighted by Crippen LogP contribution is -2.03. The fraction of sp³-hybridized carbons (Fsp3) is 0.214. The van der Waals surface area contributed by atoms with Gasteiger partial charge in [0, 0.05) is 13.0 Å². The summed E-state index contributed by atoms with van der Waals surface area (Å²) >= 11 is 1.41. The normalized spacial score (nSPS) is 11.3. The molecule has 0 bridgehead atoms. The lowest BCUT2D eigenvalue weighted by molar-refractivity contribution is 0.310. The maximum Gasteiger partial charge on any atom is 0.203 e. The van der Waals surface area contributed by atoms with E-state index in [-0.39, 0.29) is 5.82 Å². The minimum absolute atomic E-state index is 0.225. The summed E-state index contributed by atoms with van der Waals surface area (Å²) in [6, 6.07) is 7.88. The zero-order chi connectivity index (χ0) is 16.5. The van der Waals surface area contributed by atoms with Gasteiger partial charge in [-0.15, -0.1) is 10.2 Å². The molecule has 1 aromatic carbocycles. The fourth-order valence-corrected chi connectivity index (χ4v) is 3.24. The number of rotatable bonds is 5. The standard InChI is InChI=1S/C14H14N8OS/c15-12-11(20-23-21-12)13-17-8-4-1-2-5-9(8)22(13)7-3-6-10-18-19-14(16)24-10/h1-2,4-5H,3,6-7H2,(H2,15,21)(H2,16,19). The first-order valence-corrected chi connectivity index (χ1v) is 8.15. The Bertz CT molecular complexity index is 988. The van der Waals surface area contributed by atoms with Gasteiger partial charge >= 0.3 is 0 Å². The summed E-state index contributed by atoms with van der Waals surface area (Å²) in [6.07, 6.45) is 1.64. The zero-order valence-electron chi connectivity index (χ0n) is 12.6. The molecule has 3 heterocycles. The molecule has 9 nitrogen and oxygen atoms in total. The number of benzene rings is 1. The highest BCUT2D eigenvalue weighted by atomic mass is 32.1. The molecule has 0 spiro atoms. The van der Waals surface area contributed by atoms with Crippen LogP contribution in [0.25, 0.3) is 22.6 Å². The summed E-state index contributed by atoms with van der Waals surface area (Å²) in [5.74, 6) is 0.871. The highest BCUT2D eigenvalue weighted by Gasteiger charge is 2.18. The van der Waals surface area contributed by atoms with E-state index in [1.54, 1.807) is 0 Å². The molecular formula is C14H14N8OS. The molecule has 0 unspecified atom stereocenters. The second kappa shape index (κ2) is 5.89. The van der Waals surface area contributed by atoms with Crippen molar-refractivity contribution in [1.29, 1.82) is 0 Å². The minimum Gasteiger partial charge on any atom is -0.379 e. The molecule has 122 valence electrons. The second-order valence-electron chi connectivity index (χ2n) is 5.21. The summed E-state index contributed by atoms with van der Waals surface area (Å²) in [7, 11) is 0. The Kier molecular flexibility index (Phi) is 3.58. The van der Waals surface area contributed by atoms with E-state index in [1.807, 2.05) is 24.3 Å². The van der Waals surface area contributed by atoms with Gasteiger partial charge in [-0.1, -0.05) is 23.5 Å². The van der Waals surface area contributed by atoms with E-state index >= 15 is 0 Å². The van der Waals surface area contributed by atoms with E-state index < -0.39 is 0 Å². The fourth-order valence-electron chi connectivity index (χ4n) is 2.59. The van der Waals surface area contributed by atoms with Crippen LogP contribution in [0.15, 0.2) is 28.9 Å². The molecule has 4 aromatic rings. The lowest BCUT2D eigenvalue weighted by atomic mass is 10.3. The number of hydrogen-bond acceptors (Lipinski definition) is 9. The van der Waals surface area contributed by atoms with Crippen LogP contribution < -0.4 is 11.5 Å². The van der Waals surface area contributed by atoms with Crippen LogP contribution in [0, 0.1) is 0 Å². The predicted octanol–water partition coefficient (Wildman–Crippen LogP) is 1.73. The van der Waals surface area contributed by atoms with Crippen LogP contribution in [0.2, 0.25) is 0 Å². The van der Waals surface area contributed by atoms with E-state index in [4.69, 9.17) is 16.1 Å². The summed E-state index contributed by atoms with van der Waals surface area (Å²) in [4.78, 5) is 4.62. The van der Waals surface area contributed by atoms with Crippen molar-refractivity contribution in [1.82, 2.24) is 30.1 Å². The van der Waals surface area contributed by atoms with E-state index in [2.05, 4.69) is 30.1 Å². The van der Waals surface area contributed by atoms with Crippen molar-refractivity contribution in [2.75, 3.05) is 11.5 Å². The first-order valence-electron chi connectivity index (χ1n) is 7.34. The molecule has 4 rings (SSSR count). The highest BCUT2D eigenvalue weighted by Crippen LogP contribution is 2.27. The van der Waals surface area contributed by atoms with Crippen LogP contribution in [-0.2, 0) is 13.0 Å². The van der Waals surface area contributed by atoms with E-state index in [9.17, 15) is 0 Å².